The number of esters is 1. The number of hydrogen-bond acceptors (Lipinski definition) is 5. The van der Waals surface area contributed by atoms with Gasteiger partial charge in [0.15, 0.2) is 0 Å². The van der Waals surface area contributed by atoms with Gasteiger partial charge in [-0.25, -0.2) is 0 Å². The molecule has 6 heteroatoms. The van der Waals surface area contributed by atoms with Crippen LogP contribution in [0.15, 0.2) is 12.2 Å². The number of amides is 1. The molecule has 2 atom stereocenters. The fourth-order valence-corrected chi connectivity index (χ4v) is 8.93. The van der Waals surface area contributed by atoms with E-state index in [1.165, 1.54) is 238 Å². The van der Waals surface area contributed by atoms with Crippen LogP contribution in [0.25, 0.3) is 0 Å². The van der Waals surface area contributed by atoms with Crippen LogP contribution in [-0.2, 0) is 14.3 Å². The highest BCUT2D eigenvalue weighted by Gasteiger charge is 2.20. The summed E-state index contributed by atoms with van der Waals surface area (Å²) in [5.74, 6) is -0.0323. The summed E-state index contributed by atoms with van der Waals surface area (Å²) in [4.78, 5) is 24.5. The Morgan fingerprint density at radius 3 is 1.13 bits per heavy atom. The number of carbonyl (C=O) groups is 2. The molecule has 0 heterocycles. The Labute approximate surface area is 393 Å². The lowest BCUT2D eigenvalue weighted by atomic mass is 10.0. The monoisotopic (exact) mass is 890 g/mol. The largest absolute Gasteiger partial charge is 0.466 e. The van der Waals surface area contributed by atoms with E-state index in [1.54, 1.807) is 0 Å². The van der Waals surface area contributed by atoms with Crippen LogP contribution in [0.2, 0.25) is 0 Å². The maximum absolute atomic E-state index is 12.4. The van der Waals surface area contributed by atoms with Crippen molar-refractivity contribution in [3.8, 4) is 0 Å². The second kappa shape index (κ2) is 53.2. The third-order valence-electron chi connectivity index (χ3n) is 13.3. The lowest BCUT2D eigenvalue weighted by molar-refractivity contribution is -0.143. The Balaban J connectivity index is 3.36. The summed E-state index contributed by atoms with van der Waals surface area (Å²) in [6.45, 7) is 4.94. The predicted octanol–water partition coefficient (Wildman–Crippen LogP) is 17.3. The molecule has 0 spiro atoms. The number of nitrogens with one attached hydrogen (secondary N) is 1. The highest BCUT2D eigenvalue weighted by molar-refractivity contribution is 5.76. The summed E-state index contributed by atoms with van der Waals surface area (Å²) in [6, 6.07) is -0.540. The molecular weight excluding hydrogens is 779 g/mol. The molecule has 0 radical (unpaired) electrons. The van der Waals surface area contributed by atoms with Gasteiger partial charge in [-0.05, 0) is 51.4 Å². The van der Waals surface area contributed by atoms with Crippen LogP contribution >= 0.6 is 0 Å². The Morgan fingerprint density at radius 2 is 0.746 bits per heavy atom. The van der Waals surface area contributed by atoms with E-state index in [0.717, 1.165) is 44.9 Å². The molecule has 0 aromatic carbocycles. The molecule has 0 bridgehead atoms. The molecule has 0 aliphatic rings. The number of aliphatic hydroxyl groups excluding tert-OH is 2. The second-order valence-corrected chi connectivity index (χ2v) is 19.6. The quantitative estimate of drug-likeness (QED) is 0.0321. The van der Waals surface area contributed by atoms with Crippen LogP contribution in [0.5, 0.6) is 0 Å². The third kappa shape index (κ3) is 49.9. The minimum atomic E-state index is -0.662. The number of rotatable bonds is 53. The molecule has 374 valence electrons. The highest BCUT2D eigenvalue weighted by Crippen LogP contribution is 2.17. The molecule has 1 amide bonds. The average molecular weight is 891 g/mol. The fraction of sp³-hybridized carbons (Fsp3) is 0.930. The van der Waals surface area contributed by atoms with E-state index in [2.05, 4.69) is 31.3 Å². The minimum absolute atomic E-state index is 0.00373. The number of hydrogen-bond donors (Lipinski definition) is 3. The zero-order chi connectivity index (χ0) is 45.8. The van der Waals surface area contributed by atoms with Crippen LogP contribution < -0.4 is 5.32 Å². The van der Waals surface area contributed by atoms with Crippen LogP contribution in [0, 0.1) is 0 Å². The lowest BCUT2D eigenvalue weighted by Crippen LogP contribution is -2.45. The second-order valence-electron chi connectivity index (χ2n) is 19.6. The van der Waals surface area contributed by atoms with Crippen LogP contribution in [0.3, 0.4) is 0 Å². The molecule has 0 rings (SSSR count). The van der Waals surface area contributed by atoms with E-state index in [4.69, 9.17) is 4.74 Å². The Hall–Kier alpha value is -1.40. The lowest BCUT2D eigenvalue weighted by Gasteiger charge is -2.22. The van der Waals surface area contributed by atoms with E-state index < -0.39 is 12.1 Å². The third-order valence-corrected chi connectivity index (χ3v) is 13.3. The maximum Gasteiger partial charge on any atom is 0.305 e. The number of unbranched alkanes of at least 4 members (excludes halogenated alkanes) is 40. The van der Waals surface area contributed by atoms with Gasteiger partial charge in [0.2, 0.25) is 5.91 Å². The molecule has 0 aromatic rings. The van der Waals surface area contributed by atoms with Crippen LogP contribution in [0.4, 0.5) is 0 Å². The molecule has 0 aliphatic carbocycles. The van der Waals surface area contributed by atoms with Crippen molar-refractivity contribution < 1.29 is 24.5 Å². The summed E-state index contributed by atoms with van der Waals surface area (Å²) in [5.41, 5.74) is 0. The molecule has 0 saturated heterocycles. The van der Waals surface area contributed by atoms with Gasteiger partial charge in [0.1, 0.15) is 0 Å². The van der Waals surface area contributed by atoms with Gasteiger partial charge in [0.25, 0.3) is 0 Å². The number of carbonyl (C=O) groups excluding carboxylic acids is 2. The topological polar surface area (TPSA) is 95.9 Å². The first-order valence-electron chi connectivity index (χ1n) is 28.4. The first kappa shape index (κ1) is 61.6. The van der Waals surface area contributed by atoms with Crippen molar-refractivity contribution in [3.05, 3.63) is 12.2 Å². The van der Waals surface area contributed by atoms with E-state index >= 15 is 0 Å². The number of ether oxygens (including phenoxy) is 1. The highest BCUT2D eigenvalue weighted by atomic mass is 16.5. The van der Waals surface area contributed by atoms with Gasteiger partial charge in [-0.1, -0.05) is 264 Å². The van der Waals surface area contributed by atoms with Crippen molar-refractivity contribution in [1.29, 1.82) is 0 Å². The van der Waals surface area contributed by atoms with Crippen LogP contribution in [0.1, 0.15) is 316 Å². The van der Waals surface area contributed by atoms with Crippen molar-refractivity contribution in [3.63, 3.8) is 0 Å². The number of aliphatic hydroxyl groups is 2. The first-order chi connectivity index (χ1) is 31.0. The molecule has 3 N–H and O–H groups in total. The first-order valence-corrected chi connectivity index (χ1v) is 28.4. The summed E-state index contributed by atoms with van der Waals surface area (Å²) >= 11 is 0. The molecule has 6 nitrogen and oxygen atoms in total. The fourth-order valence-electron chi connectivity index (χ4n) is 8.93. The van der Waals surface area contributed by atoms with Gasteiger partial charge in [-0.2, -0.15) is 0 Å². The van der Waals surface area contributed by atoms with Gasteiger partial charge < -0.3 is 20.3 Å². The smallest absolute Gasteiger partial charge is 0.305 e. The zero-order valence-corrected chi connectivity index (χ0v) is 42.6. The van der Waals surface area contributed by atoms with Crippen molar-refractivity contribution in [2.45, 2.75) is 328 Å². The van der Waals surface area contributed by atoms with Gasteiger partial charge in [0, 0.05) is 12.8 Å². The van der Waals surface area contributed by atoms with Crippen molar-refractivity contribution in [1.82, 2.24) is 5.32 Å². The van der Waals surface area contributed by atoms with Crippen molar-refractivity contribution in [2.24, 2.45) is 0 Å². The Bertz CT molecular complexity index is 939. The number of allylic oxidation sites excluding steroid dienone is 2. The molecule has 0 fully saturated rings. The molecule has 0 aromatic heterocycles. The molecule has 0 saturated carbocycles. The van der Waals surface area contributed by atoms with E-state index in [0.29, 0.717) is 25.9 Å². The predicted molar refractivity (Wildman–Crippen MR) is 273 cm³/mol. The van der Waals surface area contributed by atoms with Gasteiger partial charge in [-0.15, -0.1) is 0 Å². The maximum atomic E-state index is 12.4. The zero-order valence-electron chi connectivity index (χ0n) is 42.6. The van der Waals surface area contributed by atoms with E-state index in [9.17, 15) is 19.8 Å². The van der Waals surface area contributed by atoms with Crippen molar-refractivity contribution in [2.75, 3.05) is 13.2 Å². The molecule has 0 aliphatic heterocycles. The SMILES string of the molecule is CCCCCCC/C=C\CCCCCCCC(=O)OCCCCCCCCCCCCCCCCCCCCCCCC(=O)NC(CO)C(O)CCCCCCCCCCCCC. The standard InChI is InChI=1S/C57H111NO5/c1-3-5-7-9-11-13-15-16-27-31-35-39-43-47-51-57(62)63-52-48-44-40-36-32-28-25-23-21-19-17-18-20-22-24-26-30-34-38-42-46-50-56(61)58-54(53-59)55(60)49-45-41-37-33-29-14-12-10-8-6-4-2/h15-16,54-55,59-60H,3-14,17-53H2,1-2H3,(H,58,61)/b16-15-. The molecule has 2 unspecified atom stereocenters. The van der Waals surface area contributed by atoms with Crippen LogP contribution in [-0.4, -0.2) is 47.4 Å². The minimum Gasteiger partial charge on any atom is -0.466 e. The average Bonchev–Trinajstić information content (AvgIpc) is 3.28. The van der Waals surface area contributed by atoms with Gasteiger partial charge in [-0.3, -0.25) is 9.59 Å². The molecular formula is C57H111NO5. The Kier molecular flexibility index (Phi) is 52.0. The van der Waals surface area contributed by atoms with Gasteiger partial charge >= 0.3 is 5.97 Å². The molecule has 63 heavy (non-hydrogen) atoms. The van der Waals surface area contributed by atoms with Gasteiger partial charge in [0.05, 0.1) is 25.4 Å². The summed E-state index contributed by atoms with van der Waals surface area (Å²) < 4.78 is 5.47. The van der Waals surface area contributed by atoms with E-state index in [1.807, 2.05) is 0 Å². The van der Waals surface area contributed by atoms with E-state index in [-0.39, 0.29) is 18.5 Å². The van der Waals surface area contributed by atoms with Crippen molar-refractivity contribution >= 4 is 11.9 Å². The summed E-state index contributed by atoms with van der Waals surface area (Å²) in [7, 11) is 0. The normalized spacial score (nSPS) is 12.6. The summed E-state index contributed by atoms with van der Waals surface area (Å²) in [5, 5.41) is 23.2. The summed E-state index contributed by atoms with van der Waals surface area (Å²) in [6.07, 6.45) is 62.0. The Morgan fingerprint density at radius 1 is 0.429 bits per heavy atom.